The number of aromatic nitrogens is 1. The molecule has 0 saturated carbocycles. The number of rotatable bonds is 5. The molecule has 0 aromatic carbocycles. The highest BCUT2D eigenvalue weighted by molar-refractivity contribution is 7.07. The summed E-state index contributed by atoms with van der Waals surface area (Å²) in [6, 6.07) is 0. The van der Waals surface area contributed by atoms with Gasteiger partial charge in [-0.3, -0.25) is 4.79 Å². The standard InChI is InChI=1S/C9H14N4O2S/c1-2-3-13(4-8(10)12-15)9(14)7-5-16-6-11-7/h5-6,15H,2-4H2,1H3,(H2,10,12). The molecule has 1 rings (SSSR count). The third-order valence-corrected chi connectivity index (χ3v) is 2.50. The van der Waals surface area contributed by atoms with Gasteiger partial charge < -0.3 is 15.8 Å². The lowest BCUT2D eigenvalue weighted by Crippen LogP contribution is -2.39. The topological polar surface area (TPSA) is 91.8 Å². The van der Waals surface area contributed by atoms with Gasteiger partial charge in [0.05, 0.1) is 12.1 Å². The van der Waals surface area contributed by atoms with Gasteiger partial charge in [-0.25, -0.2) is 4.98 Å². The Hall–Kier alpha value is -1.63. The molecule has 0 atom stereocenters. The van der Waals surface area contributed by atoms with E-state index < -0.39 is 0 Å². The fourth-order valence-electron chi connectivity index (χ4n) is 1.23. The van der Waals surface area contributed by atoms with Gasteiger partial charge in [0.15, 0.2) is 5.84 Å². The lowest BCUT2D eigenvalue weighted by molar-refractivity contribution is 0.0773. The van der Waals surface area contributed by atoms with Crippen LogP contribution in [0.25, 0.3) is 0 Å². The van der Waals surface area contributed by atoms with E-state index in [1.165, 1.54) is 16.2 Å². The number of hydrogen-bond donors (Lipinski definition) is 2. The summed E-state index contributed by atoms with van der Waals surface area (Å²) in [4.78, 5) is 17.4. The van der Waals surface area contributed by atoms with Crippen LogP contribution in [0.5, 0.6) is 0 Å². The fraction of sp³-hybridized carbons (Fsp3) is 0.444. The molecule has 1 amide bonds. The van der Waals surface area contributed by atoms with Crippen LogP contribution in [0, 0.1) is 0 Å². The quantitative estimate of drug-likeness (QED) is 0.345. The number of thiazole rings is 1. The van der Waals surface area contributed by atoms with Crippen molar-refractivity contribution in [3.8, 4) is 0 Å². The van der Waals surface area contributed by atoms with Gasteiger partial charge in [0.25, 0.3) is 5.91 Å². The largest absolute Gasteiger partial charge is 0.409 e. The molecule has 0 radical (unpaired) electrons. The van der Waals surface area contributed by atoms with Gasteiger partial charge in [0, 0.05) is 11.9 Å². The van der Waals surface area contributed by atoms with Crippen LogP contribution in [0.1, 0.15) is 23.8 Å². The molecule has 0 unspecified atom stereocenters. The number of carbonyl (C=O) groups is 1. The highest BCUT2D eigenvalue weighted by Crippen LogP contribution is 2.06. The van der Waals surface area contributed by atoms with Crippen LogP contribution in [-0.2, 0) is 0 Å². The summed E-state index contributed by atoms with van der Waals surface area (Å²) in [5.41, 5.74) is 7.37. The molecule has 0 bridgehead atoms. The summed E-state index contributed by atoms with van der Waals surface area (Å²) < 4.78 is 0. The molecule has 0 aliphatic heterocycles. The predicted molar refractivity (Wildman–Crippen MR) is 61.7 cm³/mol. The van der Waals surface area contributed by atoms with Gasteiger partial charge in [-0.05, 0) is 6.42 Å². The first-order valence-electron chi connectivity index (χ1n) is 4.83. The van der Waals surface area contributed by atoms with Crippen molar-refractivity contribution in [2.75, 3.05) is 13.1 Å². The molecular formula is C9H14N4O2S. The average molecular weight is 242 g/mol. The molecule has 6 nitrogen and oxygen atoms in total. The van der Waals surface area contributed by atoms with Crippen molar-refractivity contribution in [2.24, 2.45) is 10.9 Å². The minimum absolute atomic E-state index is 0.0111. The summed E-state index contributed by atoms with van der Waals surface area (Å²) in [6.45, 7) is 2.61. The number of oxime groups is 1. The Kier molecular flexibility index (Phi) is 4.71. The van der Waals surface area contributed by atoms with E-state index in [0.29, 0.717) is 12.2 Å². The van der Waals surface area contributed by atoms with Crippen molar-refractivity contribution >= 4 is 23.1 Å². The predicted octanol–water partition coefficient (Wildman–Crippen LogP) is 0.742. The van der Waals surface area contributed by atoms with Crippen LogP contribution in [-0.4, -0.2) is 39.9 Å². The normalized spacial score (nSPS) is 11.4. The zero-order valence-electron chi connectivity index (χ0n) is 8.96. The Labute approximate surface area is 97.4 Å². The Balaban J connectivity index is 2.73. The van der Waals surface area contributed by atoms with Crippen LogP contribution >= 0.6 is 11.3 Å². The minimum atomic E-state index is -0.199. The molecule has 0 aliphatic rings. The Bertz CT molecular complexity index is 364. The Morgan fingerprint density at radius 3 is 3.00 bits per heavy atom. The summed E-state index contributed by atoms with van der Waals surface area (Å²) in [5.74, 6) is -0.188. The van der Waals surface area contributed by atoms with E-state index in [0.717, 1.165) is 6.42 Å². The summed E-state index contributed by atoms with van der Waals surface area (Å²) in [7, 11) is 0. The third-order valence-electron chi connectivity index (χ3n) is 1.91. The van der Waals surface area contributed by atoms with Gasteiger partial charge in [0.2, 0.25) is 0 Å². The molecule has 3 N–H and O–H groups in total. The number of carbonyl (C=O) groups excluding carboxylic acids is 1. The fourth-order valence-corrected chi connectivity index (χ4v) is 1.76. The van der Waals surface area contributed by atoms with E-state index in [2.05, 4.69) is 10.1 Å². The number of hydrogen-bond acceptors (Lipinski definition) is 5. The molecule has 88 valence electrons. The Morgan fingerprint density at radius 1 is 1.75 bits per heavy atom. The maximum atomic E-state index is 11.9. The SMILES string of the molecule is CCCN(CC(N)=NO)C(=O)c1cscn1. The highest BCUT2D eigenvalue weighted by Gasteiger charge is 2.17. The molecule has 7 heteroatoms. The summed E-state index contributed by atoms with van der Waals surface area (Å²) >= 11 is 1.36. The van der Waals surface area contributed by atoms with E-state index in [1.54, 1.807) is 10.9 Å². The van der Waals surface area contributed by atoms with E-state index in [-0.39, 0.29) is 18.3 Å². The number of nitrogens with two attached hydrogens (primary N) is 1. The molecule has 1 heterocycles. The molecule has 1 aromatic heterocycles. The van der Waals surface area contributed by atoms with E-state index >= 15 is 0 Å². The van der Waals surface area contributed by atoms with Crippen molar-refractivity contribution in [3.05, 3.63) is 16.6 Å². The zero-order valence-corrected chi connectivity index (χ0v) is 9.78. The second-order valence-electron chi connectivity index (χ2n) is 3.19. The van der Waals surface area contributed by atoms with Gasteiger partial charge >= 0.3 is 0 Å². The number of amides is 1. The van der Waals surface area contributed by atoms with Gasteiger partial charge in [-0.1, -0.05) is 12.1 Å². The van der Waals surface area contributed by atoms with Crippen molar-refractivity contribution in [3.63, 3.8) is 0 Å². The van der Waals surface area contributed by atoms with E-state index in [4.69, 9.17) is 10.9 Å². The van der Waals surface area contributed by atoms with Crippen molar-refractivity contribution < 1.29 is 10.0 Å². The first-order valence-corrected chi connectivity index (χ1v) is 5.77. The molecule has 16 heavy (non-hydrogen) atoms. The summed E-state index contributed by atoms with van der Waals surface area (Å²) in [5, 5.41) is 13.0. The second kappa shape index (κ2) is 6.06. The summed E-state index contributed by atoms with van der Waals surface area (Å²) in [6.07, 6.45) is 0.800. The van der Waals surface area contributed by atoms with Crippen molar-refractivity contribution in [1.82, 2.24) is 9.88 Å². The molecule has 0 saturated heterocycles. The smallest absolute Gasteiger partial charge is 0.273 e. The number of amidine groups is 1. The van der Waals surface area contributed by atoms with E-state index in [1.807, 2.05) is 6.92 Å². The second-order valence-corrected chi connectivity index (χ2v) is 3.91. The minimum Gasteiger partial charge on any atom is -0.409 e. The van der Waals surface area contributed by atoms with E-state index in [9.17, 15) is 4.79 Å². The molecular weight excluding hydrogens is 228 g/mol. The van der Waals surface area contributed by atoms with Crippen LogP contribution in [0.4, 0.5) is 0 Å². The highest BCUT2D eigenvalue weighted by atomic mass is 32.1. The first-order chi connectivity index (χ1) is 7.69. The molecule has 0 aliphatic carbocycles. The maximum absolute atomic E-state index is 11.9. The monoisotopic (exact) mass is 242 g/mol. The van der Waals surface area contributed by atoms with Gasteiger partial charge in [-0.2, -0.15) is 0 Å². The van der Waals surface area contributed by atoms with Gasteiger partial charge in [0.1, 0.15) is 5.69 Å². The maximum Gasteiger partial charge on any atom is 0.273 e. The van der Waals surface area contributed by atoms with Crippen LogP contribution in [0.3, 0.4) is 0 Å². The molecule has 1 aromatic rings. The first kappa shape index (κ1) is 12.4. The average Bonchev–Trinajstić information content (AvgIpc) is 2.80. The lowest BCUT2D eigenvalue weighted by Gasteiger charge is -2.20. The van der Waals surface area contributed by atoms with Crippen molar-refractivity contribution in [2.45, 2.75) is 13.3 Å². The molecule has 0 fully saturated rings. The lowest BCUT2D eigenvalue weighted by atomic mass is 10.3. The van der Waals surface area contributed by atoms with Crippen molar-refractivity contribution in [1.29, 1.82) is 0 Å². The number of nitrogens with zero attached hydrogens (tertiary/aromatic N) is 3. The Morgan fingerprint density at radius 2 is 2.50 bits per heavy atom. The van der Waals surface area contributed by atoms with Gasteiger partial charge in [-0.15, -0.1) is 11.3 Å². The van der Waals surface area contributed by atoms with Crippen LogP contribution in [0.2, 0.25) is 0 Å². The third kappa shape index (κ3) is 3.20. The van der Waals surface area contributed by atoms with Crippen LogP contribution < -0.4 is 5.73 Å². The van der Waals surface area contributed by atoms with Crippen LogP contribution in [0.15, 0.2) is 16.0 Å². The molecule has 0 spiro atoms. The zero-order chi connectivity index (χ0) is 12.0.